The van der Waals surface area contributed by atoms with Crippen molar-refractivity contribution in [3.05, 3.63) is 29.6 Å². The van der Waals surface area contributed by atoms with E-state index in [-0.39, 0.29) is 18.6 Å². The molecule has 0 bridgehead atoms. The lowest BCUT2D eigenvalue weighted by atomic mass is 9.87. The summed E-state index contributed by atoms with van der Waals surface area (Å²) in [5, 5.41) is 10.0. The van der Waals surface area contributed by atoms with Gasteiger partial charge in [-0.25, -0.2) is 4.39 Å². The molecular formula is C10H10FNO3. The van der Waals surface area contributed by atoms with Gasteiger partial charge in [0.25, 0.3) is 5.91 Å². The molecule has 80 valence electrons. The molecule has 0 aliphatic carbocycles. The first-order chi connectivity index (χ1) is 7.04. The molecule has 2 rings (SSSR count). The number of hydrogen-bond donors (Lipinski definition) is 2. The van der Waals surface area contributed by atoms with Crippen LogP contribution < -0.4 is 10.5 Å². The molecule has 4 nitrogen and oxygen atoms in total. The molecule has 0 saturated carbocycles. The van der Waals surface area contributed by atoms with Crippen molar-refractivity contribution >= 4 is 5.91 Å². The van der Waals surface area contributed by atoms with E-state index in [1.807, 2.05) is 0 Å². The number of nitrogens with two attached hydrogens (primary N) is 1. The van der Waals surface area contributed by atoms with Crippen molar-refractivity contribution in [1.29, 1.82) is 0 Å². The predicted molar refractivity (Wildman–Crippen MR) is 49.6 cm³/mol. The van der Waals surface area contributed by atoms with Crippen LogP contribution in [0.15, 0.2) is 18.2 Å². The lowest BCUT2D eigenvalue weighted by Crippen LogP contribution is -2.44. The summed E-state index contributed by atoms with van der Waals surface area (Å²) in [7, 11) is 0. The van der Waals surface area contributed by atoms with Crippen molar-refractivity contribution in [2.45, 2.75) is 12.0 Å². The third-order valence-electron chi connectivity index (χ3n) is 2.52. The molecule has 5 heteroatoms. The van der Waals surface area contributed by atoms with Crippen LogP contribution in [0.25, 0.3) is 0 Å². The first kappa shape index (κ1) is 9.92. The summed E-state index contributed by atoms with van der Waals surface area (Å²) in [6, 6.07) is 3.64. The summed E-state index contributed by atoms with van der Waals surface area (Å²) in [6.45, 7) is 0.179. The summed E-state index contributed by atoms with van der Waals surface area (Å²) < 4.78 is 18.2. The zero-order chi connectivity index (χ0) is 11.1. The number of hydrogen-bond acceptors (Lipinski definition) is 3. The maximum atomic E-state index is 13.0. The smallest absolute Gasteiger partial charge is 0.254 e. The maximum absolute atomic E-state index is 13.0. The van der Waals surface area contributed by atoms with Crippen LogP contribution in [0.3, 0.4) is 0 Å². The number of fused-ring (bicyclic) bond motifs is 1. The van der Waals surface area contributed by atoms with E-state index in [1.54, 1.807) is 0 Å². The SMILES string of the molecule is NC(=O)C1(O)CCOc2ccc(F)cc21. The minimum absolute atomic E-state index is 0.0405. The molecule has 0 radical (unpaired) electrons. The first-order valence-electron chi connectivity index (χ1n) is 4.49. The van der Waals surface area contributed by atoms with Crippen LogP contribution in [0.5, 0.6) is 5.75 Å². The number of rotatable bonds is 1. The van der Waals surface area contributed by atoms with E-state index in [1.165, 1.54) is 12.1 Å². The number of halogens is 1. The number of carbonyl (C=O) groups is 1. The largest absolute Gasteiger partial charge is 0.493 e. The van der Waals surface area contributed by atoms with Gasteiger partial charge in [-0.05, 0) is 18.2 Å². The van der Waals surface area contributed by atoms with E-state index in [4.69, 9.17) is 10.5 Å². The Hall–Kier alpha value is -1.62. The van der Waals surface area contributed by atoms with Crippen molar-refractivity contribution in [1.82, 2.24) is 0 Å². The molecule has 0 aromatic heterocycles. The van der Waals surface area contributed by atoms with Crippen LogP contribution in [-0.2, 0) is 10.4 Å². The van der Waals surface area contributed by atoms with Crippen molar-refractivity contribution in [3.63, 3.8) is 0 Å². The molecule has 1 atom stereocenters. The molecule has 15 heavy (non-hydrogen) atoms. The standard InChI is InChI=1S/C10H10FNO3/c11-6-1-2-8-7(5-6)10(14,9(12)13)3-4-15-8/h1-2,5,14H,3-4H2,(H2,12,13). The van der Waals surface area contributed by atoms with E-state index >= 15 is 0 Å². The minimum Gasteiger partial charge on any atom is -0.493 e. The monoisotopic (exact) mass is 211 g/mol. The van der Waals surface area contributed by atoms with Crippen LogP contribution in [0.1, 0.15) is 12.0 Å². The van der Waals surface area contributed by atoms with Crippen LogP contribution >= 0.6 is 0 Å². The number of benzene rings is 1. The molecular weight excluding hydrogens is 201 g/mol. The fourth-order valence-corrected chi connectivity index (χ4v) is 1.65. The second-order valence-electron chi connectivity index (χ2n) is 3.46. The summed E-state index contributed by atoms with van der Waals surface area (Å²) in [5.41, 5.74) is 3.37. The van der Waals surface area contributed by atoms with Gasteiger partial charge in [-0.3, -0.25) is 4.79 Å². The van der Waals surface area contributed by atoms with Gasteiger partial charge in [0.05, 0.1) is 6.61 Å². The molecule has 1 unspecified atom stereocenters. The van der Waals surface area contributed by atoms with E-state index in [0.717, 1.165) is 6.07 Å². The Labute approximate surface area is 85.5 Å². The maximum Gasteiger partial charge on any atom is 0.254 e. The third-order valence-corrected chi connectivity index (χ3v) is 2.52. The molecule has 0 saturated heterocycles. The Kier molecular flexibility index (Phi) is 2.12. The van der Waals surface area contributed by atoms with Gasteiger partial charge >= 0.3 is 0 Å². The molecule has 1 amide bonds. The number of aliphatic hydroxyl groups is 1. The molecule has 1 aliphatic rings. The van der Waals surface area contributed by atoms with E-state index < -0.39 is 17.3 Å². The number of ether oxygens (including phenoxy) is 1. The van der Waals surface area contributed by atoms with E-state index in [9.17, 15) is 14.3 Å². The molecule has 1 aliphatic heterocycles. The fraction of sp³-hybridized carbons (Fsp3) is 0.300. The van der Waals surface area contributed by atoms with Gasteiger partial charge in [0, 0.05) is 12.0 Å². The average Bonchev–Trinajstić information content (AvgIpc) is 2.19. The van der Waals surface area contributed by atoms with Crippen molar-refractivity contribution in [3.8, 4) is 5.75 Å². The zero-order valence-electron chi connectivity index (χ0n) is 7.87. The normalized spacial score (nSPS) is 24.1. The zero-order valence-corrected chi connectivity index (χ0v) is 7.87. The van der Waals surface area contributed by atoms with Gasteiger partial charge in [-0.1, -0.05) is 0 Å². The molecule has 1 heterocycles. The van der Waals surface area contributed by atoms with Crippen LogP contribution in [0, 0.1) is 5.82 Å². The highest BCUT2D eigenvalue weighted by Gasteiger charge is 2.41. The van der Waals surface area contributed by atoms with Crippen LogP contribution in [0.2, 0.25) is 0 Å². The second-order valence-corrected chi connectivity index (χ2v) is 3.46. The predicted octanol–water partition coefficient (Wildman–Crippen LogP) is 0.281. The lowest BCUT2D eigenvalue weighted by molar-refractivity contribution is -0.140. The molecule has 1 aromatic rings. The second kappa shape index (κ2) is 3.20. The van der Waals surface area contributed by atoms with Crippen molar-refractivity contribution in [2.75, 3.05) is 6.61 Å². The number of primary amides is 1. The van der Waals surface area contributed by atoms with Crippen molar-refractivity contribution in [2.24, 2.45) is 5.73 Å². The fourth-order valence-electron chi connectivity index (χ4n) is 1.65. The summed E-state index contributed by atoms with van der Waals surface area (Å²) >= 11 is 0. The molecule has 0 fully saturated rings. The Morgan fingerprint density at radius 1 is 1.60 bits per heavy atom. The van der Waals surface area contributed by atoms with Gasteiger partial charge in [-0.15, -0.1) is 0 Å². The average molecular weight is 211 g/mol. The van der Waals surface area contributed by atoms with Gasteiger partial charge in [0.15, 0.2) is 5.60 Å². The Morgan fingerprint density at radius 2 is 2.33 bits per heavy atom. The quantitative estimate of drug-likeness (QED) is 0.700. The Balaban J connectivity index is 2.59. The third kappa shape index (κ3) is 1.45. The van der Waals surface area contributed by atoms with Gasteiger partial charge in [-0.2, -0.15) is 0 Å². The van der Waals surface area contributed by atoms with Gasteiger partial charge in [0.1, 0.15) is 11.6 Å². The van der Waals surface area contributed by atoms with Crippen molar-refractivity contribution < 1.29 is 19.0 Å². The first-order valence-corrected chi connectivity index (χ1v) is 4.49. The van der Waals surface area contributed by atoms with E-state index in [0.29, 0.717) is 5.75 Å². The number of carbonyl (C=O) groups excluding carboxylic acids is 1. The minimum atomic E-state index is -1.82. The van der Waals surface area contributed by atoms with Crippen LogP contribution in [0.4, 0.5) is 4.39 Å². The van der Waals surface area contributed by atoms with Crippen LogP contribution in [-0.4, -0.2) is 17.6 Å². The summed E-state index contributed by atoms with van der Waals surface area (Å²) in [5.74, 6) is -1.14. The van der Waals surface area contributed by atoms with E-state index in [2.05, 4.69) is 0 Å². The Bertz CT molecular complexity index is 421. The summed E-state index contributed by atoms with van der Waals surface area (Å²) in [4.78, 5) is 11.1. The number of amides is 1. The highest BCUT2D eigenvalue weighted by molar-refractivity contribution is 5.85. The molecule has 3 N–H and O–H groups in total. The topological polar surface area (TPSA) is 72.6 Å². The Morgan fingerprint density at radius 3 is 3.00 bits per heavy atom. The highest BCUT2D eigenvalue weighted by Crippen LogP contribution is 2.36. The molecule has 0 spiro atoms. The summed E-state index contributed by atoms with van der Waals surface area (Å²) in [6.07, 6.45) is 0.0405. The van der Waals surface area contributed by atoms with Gasteiger partial charge in [0.2, 0.25) is 0 Å². The lowest BCUT2D eigenvalue weighted by Gasteiger charge is -2.31. The van der Waals surface area contributed by atoms with Gasteiger partial charge < -0.3 is 15.6 Å². The highest BCUT2D eigenvalue weighted by atomic mass is 19.1. The molecule has 1 aromatic carbocycles.